The van der Waals surface area contributed by atoms with Gasteiger partial charge in [-0.25, -0.2) is 4.79 Å². The van der Waals surface area contributed by atoms with Crippen LogP contribution < -0.4 is 0 Å². The van der Waals surface area contributed by atoms with E-state index in [0.717, 1.165) is 66.4 Å². The van der Waals surface area contributed by atoms with Gasteiger partial charge < -0.3 is 14.2 Å². The highest BCUT2D eigenvalue weighted by atomic mass is 16.6. The minimum atomic E-state index is -0.451. The van der Waals surface area contributed by atoms with Crippen LogP contribution in [0.1, 0.15) is 58.2 Å². The highest BCUT2D eigenvalue weighted by Crippen LogP contribution is 2.33. The summed E-state index contributed by atoms with van der Waals surface area (Å²) in [6, 6.07) is 10.5. The number of hydrogen-bond acceptors (Lipinski definition) is 4. The highest BCUT2D eigenvalue weighted by molar-refractivity contribution is 6.05. The van der Waals surface area contributed by atoms with Gasteiger partial charge in [-0.1, -0.05) is 29.4 Å². The Kier molecular flexibility index (Phi) is 6.38. The minimum absolute atomic E-state index is 0.202. The summed E-state index contributed by atoms with van der Waals surface area (Å²) >= 11 is 0. The van der Waals surface area contributed by atoms with Crippen molar-refractivity contribution in [1.29, 1.82) is 0 Å². The molecule has 2 aromatic carbocycles. The second kappa shape index (κ2) is 9.22. The van der Waals surface area contributed by atoms with Crippen molar-refractivity contribution in [3.63, 3.8) is 0 Å². The van der Waals surface area contributed by atoms with Crippen LogP contribution in [0.2, 0.25) is 0 Å². The van der Waals surface area contributed by atoms with Gasteiger partial charge in [0, 0.05) is 24.0 Å². The maximum Gasteiger partial charge on any atom is 0.410 e. The number of amides is 1. The minimum Gasteiger partial charge on any atom is -0.444 e. The van der Waals surface area contributed by atoms with E-state index < -0.39 is 5.60 Å². The molecule has 0 N–H and O–H groups in total. The van der Waals surface area contributed by atoms with Crippen molar-refractivity contribution in [2.45, 2.75) is 59.0 Å². The molecule has 5 nitrogen and oxygen atoms in total. The van der Waals surface area contributed by atoms with E-state index in [1.54, 1.807) is 0 Å². The Morgan fingerprint density at radius 1 is 1.25 bits per heavy atom. The fraction of sp³-hybridized carbons (Fsp3) is 0.444. The lowest BCUT2D eigenvalue weighted by molar-refractivity contribution is 0.0181. The number of ether oxygens (including phenoxy) is 1. The quantitative estimate of drug-likeness (QED) is 0.428. The zero-order valence-electron chi connectivity index (χ0n) is 19.5. The van der Waals surface area contributed by atoms with Crippen molar-refractivity contribution in [1.82, 2.24) is 10.1 Å². The van der Waals surface area contributed by atoms with Gasteiger partial charge in [-0.05, 0) is 88.3 Å². The summed E-state index contributed by atoms with van der Waals surface area (Å²) in [5, 5.41) is 7.84. The van der Waals surface area contributed by atoms with Gasteiger partial charge in [-0.3, -0.25) is 0 Å². The number of benzene rings is 2. The van der Waals surface area contributed by atoms with Crippen LogP contribution in [-0.4, -0.2) is 34.8 Å². The number of aromatic nitrogens is 1. The van der Waals surface area contributed by atoms with Crippen molar-refractivity contribution in [3.8, 4) is 0 Å². The molecule has 1 saturated heterocycles. The molecule has 1 fully saturated rings. The Morgan fingerprint density at radius 3 is 2.72 bits per heavy atom. The summed E-state index contributed by atoms with van der Waals surface area (Å²) in [5.41, 5.74) is 5.60. The van der Waals surface area contributed by atoms with Gasteiger partial charge in [-0.15, -0.1) is 5.73 Å². The molecule has 0 saturated carbocycles. The molecule has 4 rings (SSSR count). The van der Waals surface area contributed by atoms with Crippen molar-refractivity contribution in [2.75, 3.05) is 13.1 Å². The molecule has 0 spiro atoms. The van der Waals surface area contributed by atoms with Gasteiger partial charge in [0.25, 0.3) is 0 Å². The number of hydrogen-bond donors (Lipinski definition) is 0. The number of allylic oxidation sites excluding steroid dienone is 1. The van der Waals surface area contributed by atoms with Crippen molar-refractivity contribution in [3.05, 3.63) is 53.4 Å². The first kappa shape index (κ1) is 22.2. The van der Waals surface area contributed by atoms with Crippen LogP contribution in [0.4, 0.5) is 4.79 Å². The fourth-order valence-electron chi connectivity index (χ4n) is 4.38. The summed E-state index contributed by atoms with van der Waals surface area (Å²) < 4.78 is 11.3. The number of piperidine rings is 1. The lowest BCUT2D eigenvalue weighted by Gasteiger charge is -2.33. The molecule has 0 atom stereocenters. The SMILES string of the molecule is CC=C=Cc1c2ccccc2cc2c(CCC3CCN(C(=O)OC(C)(C)C)CC3)noc12. The third kappa shape index (κ3) is 4.89. The first-order valence-corrected chi connectivity index (χ1v) is 11.5. The first-order chi connectivity index (χ1) is 15.4. The molecule has 32 heavy (non-hydrogen) atoms. The Bertz CT molecular complexity index is 1170. The molecule has 3 aromatic rings. The maximum absolute atomic E-state index is 12.3. The van der Waals surface area contributed by atoms with Crippen LogP contribution in [0, 0.1) is 5.92 Å². The van der Waals surface area contributed by atoms with Crippen LogP contribution in [0.3, 0.4) is 0 Å². The largest absolute Gasteiger partial charge is 0.444 e. The molecule has 1 aliphatic rings. The first-order valence-electron chi connectivity index (χ1n) is 11.5. The summed E-state index contributed by atoms with van der Waals surface area (Å²) in [6.07, 6.45) is 7.57. The zero-order chi connectivity index (χ0) is 22.7. The van der Waals surface area contributed by atoms with Crippen LogP contribution in [0.15, 0.2) is 46.7 Å². The number of rotatable bonds is 4. The zero-order valence-corrected chi connectivity index (χ0v) is 19.5. The third-order valence-electron chi connectivity index (χ3n) is 6.05. The lowest BCUT2D eigenvalue weighted by Crippen LogP contribution is -2.41. The van der Waals surface area contributed by atoms with Gasteiger partial charge in [0.05, 0.1) is 5.69 Å². The van der Waals surface area contributed by atoms with Crippen LogP contribution >= 0.6 is 0 Å². The van der Waals surface area contributed by atoms with Crippen molar-refractivity contribution in [2.24, 2.45) is 5.92 Å². The van der Waals surface area contributed by atoms with Gasteiger partial charge in [0.15, 0.2) is 5.58 Å². The molecular weight excluding hydrogens is 400 g/mol. The molecule has 0 bridgehead atoms. The molecule has 168 valence electrons. The average molecular weight is 433 g/mol. The monoisotopic (exact) mass is 432 g/mol. The molecule has 1 aromatic heterocycles. The summed E-state index contributed by atoms with van der Waals surface area (Å²) in [4.78, 5) is 14.1. The molecule has 0 aliphatic carbocycles. The van der Waals surface area contributed by atoms with E-state index in [2.05, 4.69) is 35.2 Å². The van der Waals surface area contributed by atoms with Crippen molar-refractivity contribution >= 4 is 33.9 Å². The number of aryl methyl sites for hydroxylation is 1. The molecular formula is C27H32N2O3. The summed E-state index contributed by atoms with van der Waals surface area (Å²) in [5.74, 6) is 0.572. The van der Waals surface area contributed by atoms with Crippen LogP contribution in [0.25, 0.3) is 27.8 Å². The van der Waals surface area contributed by atoms with E-state index in [-0.39, 0.29) is 6.09 Å². The van der Waals surface area contributed by atoms with Crippen molar-refractivity contribution < 1.29 is 14.1 Å². The number of carbonyl (C=O) groups is 1. The summed E-state index contributed by atoms with van der Waals surface area (Å²) in [7, 11) is 0. The predicted molar refractivity (Wildman–Crippen MR) is 129 cm³/mol. The summed E-state index contributed by atoms with van der Waals surface area (Å²) in [6.45, 7) is 9.18. The van der Waals surface area contributed by atoms with E-state index >= 15 is 0 Å². The fourth-order valence-corrected chi connectivity index (χ4v) is 4.38. The van der Waals surface area contributed by atoms with E-state index in [1.807, 2.05) is 50.8 Å². The van der Waals surface area contributed by atoms with E-state index in [0.29, 0.717) is 5.92 Å². The Morgan fingerprint density at radius 2 is 2.00 bits per heavy atom. The number of likely N-dealkylation sites (tertiary alicyclic amines) is 1. The molecule has 0 unspecified atom stereocenters. The van der Waals surface area contributed by atoms with E-state index in [9.17, 15) is 4.79 Å². The predicted octanol–water partition coefficient (Wildman–Crippen LogP) is 6.75. The normalized spacial score (nSPS) is 15.1. The Labute approximate surface area is 189 Å². The van der Waals surface area contributed by atoms with Gasteiger partial charge in [0.1, 0.15) is 5.60 Å². The van der Waals surface area contributed by atoms with Gasteiger partial charge in [0.2, 0.25) is 0 Å². The van der Waals surface area contributed by atoms with Crippen LogP contribution in [0.5, 0.6) is 0 Å². The maximum atomic E-state index is 12.3. The van der Waals surface area contributed by atoms with E-state index in [4.69, 9.17) is 9.26 Å². The Balaban J connectivity index is 1.46. The van der Waals surface area contributed by atoms with E-state index in [1.165, 1.54) is 5.39 Å². The second-order valence-electron chi connectivity index (χ2n) is 9.57. The third-order valence-corrected chi connectivity index (χ3v) is 6.05. The lowest BCUT2D eigenvalue weighted by atomic mass is 9.91. The second-order valence-corrected chi connectivity index (χ2v) is 9.57. The van der Waals surface area contributed by atoms with Gasteiger partial charge in [-0.2, -0.15) is 0 Å². The number of carbonyl (C=O) groups excluding carboxylic acids is 1. The van der Waals surface area contributed by atoms with Crippen LogP contribution in [-0.2, 0) is 11.2 Å². The highest BCUT2D eigenvalue weighted by Gasteiger charge is 2.27. The average Bonchev–Trinajstić information content (AvgIpc) is 3.17. The molecule has 5 heteroatoms. The standard InChI is InChI=1S/C27H32N2O3/c1-5-6-10-22-21-11-8-7-9-20(21)18-23-24(28-32-25(22)23)13-12-19-14-16-29(17-15-19)26(30)31-27(2,3)4/h5,7-11,18-19H,12-17H2,1-4H3. The number of nitrogens with zero attached hydrogens (tertiary/aromatic N) is 2. The number of fused-ring (bicyclic) bond motifs is 2. The van der Waals surface area contributed by atoms with Gasteiger partial charge >= 0.3 is 6.09 Å². The molecule has 1 aliphatic heterocycles. The molecule has 0 radical (unpaired) electrons. The molecule has 2 heterocycles. The topological polar surface area (TPSA) is 55.6 Å². The Hall–Kier alpha value is -3.04. The molecule has 1 amide bonds. The smallest absolute Gasteiger partial charge is 0.410 e.